The summed E-state index contributed by atoms with van der Waals surface area (Å²) in [5, 5.41) is 0. The van der Waals surface area contributed by atoms with Crippen molar-refractivity contribution in [1.29, 1.82) is 0 Å². The van der Waals surface area contributed by atoms with Gasteiger partial charge in [-0.1, -0.05) is 138 Å². The van der Waals surface area contributed by atoms with Crippen molar-refractivity contribution in [2.75, 3.05) is 7.11 Å². The quantitative estimate of drug-likeness (QED) is 0.0543. The van der Waals surface area contributed by atoms with Gasteiger partial charge in [-0.05, 0) is 43.8 Å². The predicted octanol–water partition coefficient (Wildman–Crippen LogP) is 10.3. The first-order chi connectivity index (χ1) is 20.7. The highest BCUT2D eigenvalue weighted by molar-refractivity contribution is 5.83. The first-order valence-electron chi connectivity index (χ1n) is 15.8. The largest absolute Gasteiger partial charge is 0.442 e. The number of carbonyl (C=O) groups is 1. The van der Waals surface area contributed by atoms with E-state index in [4.69, 9.17) is 22.3 Å². The zero-order valence-corrected chi connectivity index (χ0v) is 26.2. The lowest BCUT2D eigenvalue weighted by molar-refractivity contribution is -0.276. The third-order valence-electron chi connectivity index (χ3n) is 7.73. The molecule has 0 amide bonds. The second kappa shape index (κ2) is 22.6. The molecule has 0 bridgehead atoms. The second-order valence-electron chi connectivity index (χ2n) is 11.2. The Morgan fingerprint density at radius 2 is 1.35 bits per heavy atom. The fourth-order valence-electron chi connectivity index (χ4n) is 5.15. The minimum absolute atomic E-state index is 0.368. The summed E-state index contributed by atoms with van der Waals surface area (Å²) in [4.78, 5) is 12.8. The van der Waals surface area contributed by atoms with Gasteiger partial charge in [0.15, 0.2) is 6.10 Å². The molecular formula is C37H51F3O3. The molecular weight excluding hydrogens is 549 g/mol. The van der Waals surface area contributed by atoms with Crippen molar-refractivity contribution in [2.24, 2.45) is 5.92 Å². The van der Waals surface area contributed by atoms with Gasteiger partial charge in [0.25, 0.3) is 5.60 Å². The van der Waals surface area contributed by atoms with Crippen molar-refractivity contribution in [2.45, 2.75) is 128 Å². The Labute approximate surface area is 258 Å². The lowest BCUT2D eigenvalue weighted by Gasteiger charge is -2.32. The predicted molar refractivity (Wildman–Crippen MR) is 170 cm³/mol. The molecule has 0 radical (unpaired) electrons. The Morgan fingerprint density at radius 3 is 1.86 bits per heavy atom. The van der Waals surface area contributed by atoms with Crippen LogP contribution in [0.3, 0.4) is 0 Å². The molecule has 43 heavy (non-hydrogen) atoms. The van der Waals surface area contributed by atoms with Gasteiger partial charge in [0, 0.05) is 12.7 Å². The number of methoxy groups -OCH3 is 1. The molecule has 1 rings (SSSR count). The number of hydrogen-bond donors (Lipinski definition) is 0. The van der Waals surface area contributed by atoms with Gasteiger partial charge in [0.2, 0.25) is 0 Å². The van der Waals surface area contributed by atoms with E-state index in [1.54, 1.807) is 18.2 Å². The highest BCUT2D eigenvalue weighted by Gasteiger charge is 2.64. The molecule has 0 aliphatic rings. The smallest absolute Gasteiger partial charge is 0.432 e. The van der Waals surface area contributed by atoms with E-state index in [2.05, 4.69) is 24.8 Å². The van der Waals surface area contributed by atoms with E-state index in [9.17, 15) is 18.0 Å². The summed E-state index contributed by atoms with van der Waals surface area (Å²) >= 11 is 0. The number of alkyl halides is 3. The molecule has 0 fully saturated rings. The van der Waals surface area contributed by atoms with Crippen LogP contribution in [0.4, 0.5) is 13.2 Å². The van der Waals surface area contributed by atoms with Gasteiger partial charge in [-0.3, -0.25) is 0 Å². The molecule has 6 heteroatoms. The zero-order chi connectivity index (χ0) is 31.8. The van der Waals surface area contributed by atoms with Crippen molar-refractivity contribution >= 4 is 5.97 Å². The minimum Gasteiger partial charge on any atom is -0.442 e. The lowest BCUT2D eigenvalue weighted by Crippen LogP contribution is -2.52. The zero-order valence-electron chi connectivity index (χ0n) is 26.2. The molecule has 0 aromatic heterocycles. The Bertz CT molecular complexity index is 1020. The molecule has 0 aliphatic heterocycles. The number of halogens is 3. The summed E-state index contributed by atoms with van der Waals surface area (Å²) in [6.45, 7) is 2.32. The minimum atomic E-state index is -5.04. The monoisotopic (exact) mass is 600 g/mol. The molecule has 3 atom stereocenters. The van der Waals surface area contributed by atoms with E-state index in [0.29, 0.717) is 12.3 Å². The van der Waals surface area contributed by atoms with Crippen LogP contribution in [0.25, 0.3) is 0 Å². The molecule has 0 spiro atoms. The van der Waals surface area contributed by atoms with E-state index < -0.39 is 23.9 Å². The number of ether oxygens (including phenoxy) is 2. The Kier molecular flexibility index (Phi) is 20.0. The maximum Gasteiger partial charge on any atom is 0.432 e. The summed E-state index contributed by atoms with van der Waals surface area (Å²) in [7, 11) is 0.831. The van der Waals surface area contributed by atoms with Crippen molar-refractivity contribution < 1.29 is 27.4 Å². The second-order valence-corrected chi connectivity index (χ2v) is 11.2. The summed E-state index contributed by atoms with van der Waals surface area (Å²) in [6.07, 6.45) is 30.6. The van der Waals surface area contributed by atoms with E-state index >= 15 is 0 Å². The first-order valence-corrected chi connectivity index (χ1v) is 15.8. The van der Waals surface area contributed by atoms with Crippen LogP contribution >= 0.6 is 0 Å². The average Bonchev–Trinajstić information content (AvgIpc) is 2.98. The van der Waals surface area contributed by atoms with Crippen LogP contribution in [-0.2, 0) is 19.9 Å². The van der Waals surface area contributed by atoms with Crippen LogP contribution in [0.2, 0.25) is 0 Å². The van der Waals surface area contributed by atoms with Crippen molar-refractivity contribution in [3.63, 3.8) is 0 Å². The number of carbonyl (C=O) groups excluding carboxylic acids is 1. The number of hydrogen-bond acceptors (Lipinski definition) is 3. The first kappa shape index (κ1) is 38.1. The van der Waals surface area contributed by atoms with Gasteiger partial charge in [-0.25, -0.2) is 4.79 Å². The number of rotatable bonds is 23. The lowest BCUT2D eigenvalue weighted by atomic mass is 9.92. The number of unbranched alkanes of at least 4 members (excludes halogenated alkanes) is 12. The third-order valence-corrected chi connectivity index (χ3v) is 7.73. The fourth-order valence-corrected chi connectivity index (χ4v) is 5.15. The highest BCUT2D eigenvalue weighted by atomic mass is 19.4. The van der Waals surface area contributed by atoms with E-state index in [0.717, 1.165) is 32.8 Å². The van der Waals surface area contributed by atoms with Gasteiger partial charge in [-0.2, -0.15) is 13.2 Å². The Hall–Kier alpha value is -2.96. The number of esters is 1. The maximum absolute atomic E-state index is 14.0. The molecule has 3 nitrogen and oxygen atoms in total. The van der Waals surface area contributed by atoms with Crippen LogP contribution in [0.5, 0.6) is 0 Å². The van der Waals surface area contributed by atoms with Crippen molar-refractivity contribution in [3.8, 4) is 24.7 Å². The van der Waals surface area contributed by atoms with E-state index in [1.807, 2.05) is 0 Å². The molecule has 0 N–H and O–H groups in total. The fraction of sp³-hybridized carbons (Fsp3) is 0.595. The molecule has 1 unspecified atom stereocenters. The Morgan fingerprint density at radius 1 is 0.837 bits per heavy atom. The van der Waals surface area contributed by atoms with Crippen LogP contribution < -0.4 is 0 Å². The number of allylic oxidation sites excluding steroid dienone is 3. The normalized spacial score (nSPS) is 14.7. The Balaban J connectivity index is 2.22. The van der Waals surface area contributed by atoms with Crippen LogP contribution in [0.1, 0.15) is 115 Å². The van der Waals surface area contributed by atoms with Gasteiger partial charge in [-0.15, -0.1) is 12.8 Å². The summed E-state index contributed by atoms with van der Waals surface area (Å²) in [5.74, 6) is 3.89. The van der Waals surface area contributed by atoms with E-state index in [-0.39, 0.29) is 5.56 Å². The van der Waals surface area contributed by atoms with E-state index in [1.165, 1.54) is 101 Å². The average molecular weight is 601 g/mol. The molecule has 0 saturated carbocycles. The maximum atomic E-state index is 14.0. The summed E-state index contributed by atoms with van der Waals surface area (Å²) in [5.41, 5.74) is -3.62. The SMILES string of the molecule is C#C/C=C\CCCCCCCCCCCC(C)CCCCC/C=C/[C@H](C#C)OC(=O)[C@](OC)(c1ccccc1)C(F)(F)F. The standard InChI is InChI=1S/C37H51F3O3/c1-5-7-8-9-10-11-12-13-14-15-16-18-22-27-32(3)28-23-19-17-20-26-31-34(6-2)43-35(41)36(42-4,37(38,39)40)33-29-24-21-25-30-33/h1-2,7-8,21,24-26,29-32,34H,9-20,22-23,27-28H2,3-4H3/b8-7-,31-26+/t32?,34-,36+/m0/s1. The summed E-state index contributed by atoms with van der Waals surface area (Å²) in [6, 6.07) is 6.70. The number of benzene rings is 1. The molecule has 1 aromatic rings. The topological polar surface area (TPSA) is 35.5 Å². The van der Waals surface area contributed by atoms with Crippen molar-refractivity contribution in [3.05, 3.63) is 60.2 Å². The van der Waals surface area contributed by atoms with Gasteiger partial charge >= 0.3 is 12.1 Å². The highest BCUT2D eigenvalue weighted by Crippen LogP contribution is 2.43. The molecule has 0 heterocycles. The van der Waals surface area contributed by atoms with Crippen LogP contribution in [0, 0.1) is 30.6 Å². The molecule has 238 valence electrons. The van der Waals surface area contributed by atoms with Gasteiger partial charge in [0.05, 0.1) is 0 Å². The van der Waals surface area contributed by atoms with Gasteiger partial charge in [0.1, 0.15) is 0 Å². The molecule has 1 aromatic carbocycles. The summed E-state index contributed by atoms with van der Waals surface area (Å²) < 4.78 is 52.0. The number of terminal acetylenes is 2. The molecule has 0 saturated heterocycles. The van der Waals surface area contributed by atoms with Crippen LogP contribution in [-0.4, -0.2) is 25.4 Å². The van der Waals surface area contributed by atoms with Crippen molar-refractivity contribution in [1.82, 2.24) is 0 Å². The van der Waals surface area contributed by atoms with Crippen LogP contribution in [0.15, 0.2) is 54.6 Å². The molecule has 0 aliphatic carbocycles. The third kappa shape index (κ3) is 14.9. The van der Waals surface area contributed by atoms with Gasteiger partial charge < -0.3 is 9.47 Å².